The van der Waals surface area contributed by atoms with Gasteiger partial charge in [0, 0.05) is 17.4 Å². The number of nitrogens with zero attached hydrogens (tertiary/aromatic N) is 6. The molecule has 0 fully saturated rings. The Morgan fingerprint density at radius 3 is 3.00 bits per heavy atom. The first-order valence-corrected chi connectivity index (χ1v) is 7.43. The van der Waals surface area contributed by atoms with Crippen LogP contribution in [0.5, 0.6) is 0 Å². The van der Waals surface area contributed by atoms with Crippen LogP contribution < -0.4 is 5.43 Å². The molecule has 8 heteroatoms. The van der Waals surface area contributed by atoms with Crippen molar-refractivity contribution in [3.05, 3.63) is 24.3 Å². The lowest BCUT2D eigenvalue weighted by molar-refractivity contribution is 0.675. The molecule has 1 N–H and O–H groups in total. The number of aromatic nitrogens is 3. The van der Waals surface area contributed by atoms with Gasteiger partial charge in [0.15, 0.2) is 11.0 Å². The average molecular weight is 309 g/mol. The van der Waals surface area contributed by atoms with E-state index in [4.69, 9.17) is 10.5 Å². The molecule has 3 rings (SSSR count). The number of thioether (sulfide) groups is 1. The molecule has 0 bridgehead atoms. The lowest BCUT2D eigenvalue weighted by atomic mass is 10.2. The fraction of sp³-hybridized carbons (Fsp3) is 0.214. The highest BCUT2D eigenvalue weighted by molar-refractivity contribution is 7.99. The molecule has 7 nitrogen and oxygen atoms in total. The van der Waals surface area contributed by atoms with Gasteiger partial charge in [0.2, 0.25) is 5.71 Å². The number of rotatable bonds is 3. The number of benzene rings is 1. The largest absolute Gasteiger partial charge is 0.301 e. The highest BCUT2D eigenvalue weighted by Gasteiger charge is 2.24. The number of nitriles is 2. The smallest absolute Gasteiger partial charge is 0.237 e. The first-order chi connectivity index (χ1) is 10.7. The lowest BCUT2D eigenvalue weighted by Crippen LogP contribution is -2.03. The van der Waals surface area contributed by atoms with Gasteiger partial charge in [-0.05, 0) is 12.1 Å². The van der Waals surface area contributed by atoms with Gasteiger partial charge in [0.25, 0.3) is 0 Å². The molecule has 108 valence electrons. The van der Waals surface area contributed by atoms with Gasteiger partial charge in [-0.15, -0.1) is 10.2 Å². The number of nitrogens with one attached hydrogen (secondary N) is 1. The first-order valence-electron chi connectivity index (χ1n) is 6.55. The third-order valence-corrected chi connectivity index (χ3v) is 4.16. The third kappa shape index (κ3) is 2.65. The fourth-order valence-electron chi connectivity index (χ4n) is 2.15. The molecule has 1 unspecified atom stereocenters. The number of hydrazone groups is 1. The van der Waals surface area contributed by atoms with Crippen LogP contribution in [0.1, 0.15) is 6.92 Å². The van der Waals surface area contributed by atoms with Gasteiger partial charge in [-0.3, -0.25) is 5.43 Å². The topological polar surface area (TPSA) is 103 Å². The minimum Gasteiger partial charge on any atom is -0.301 e. The van der Waals surface area contributed by atoms with Crippen molar-refractivity contribution < 1.29 is 0 Å². The minimum absolute atomic E-state index is 0.223. The molecule has 0 spiro atoms. The zero-order chi connectivity index (χ0) is 15.5. The van der Waals surface area contributed by atoms with Crippen molar-refractivity contribution in [2.24, 2.45) is 5.10 Å². The molecule has 1 aromatic carbocycles. The van der Waals surface area contributed by atoms with Gasteiger partial charge >= 0.3 is 0 Å². The van der Waals surface area contributed by atoms with Crippen LogP contribution in [-0.2, 0) is 6.54 Å². The summed E-state index contributed by atoms with van der Waals surface area (Å²) in [6.07, 6.45) is 0. The highest BCUT2D eigenvalue weighted by Crippen LogP contribution is 2.34. The zero-order valence-electron chi connectivity index (χ0n) is 11.7. The van der Waals surface area contributed by atoms with Gasteiger partial charge in [-0.25, -0.2) is 0 Å². The molecule has 1 atom stereocenters. The van der Waals surface area contributed by atoms with Crippen molar-refractivity contribution in [2.75, 3.05) is 5.43 Å². The van der Waals surface area contributed by atoms with E-state index in [1.54, 1.807) is 30.0 Å². The van der Waals surface area contributed by atoms with Gasteiger partial charge in [-0.1, -0.05) is 30.8 Å². The molecule has 0 aliphatic carbocycles. The van der Waals surface area contributed by atoms with E-state index in [1.165, 1.54) is 0 Å². The second-order valence-electron chi connectivity index (χ2n) is 4.72. The summed E-state index contributed by atoms with van der Waals surface area (Å²) in [4.78, 5) is 0. The maximum atomic E-state index is 8.67. The number of hydrogen-bond acceptors (Lipinski definition) is 7. The Hall–Kier alpha value is -2.84. The quantitative estimate of drug-likeness (QED) is 0.689. The molecule has 0 saturated carbocycles. The van der Waals surface area contributed by atoms with Crippen LogP contribution in [0.3, 0.4) is 0 Å². The second-order valence-corrected chi connectivity index (χ2v) is 6.13. The number of anilines is 1. The normalized spacial score (nSPS) is 15.5. The monoisotopic (exact) mass is 309 g/mol. The van der Waals surface area contributed by atoms with Gasteiger partial charge in [0.1, 0.15) is 12.1 Å². The number of fused-ring (bicyclic) bond motifs is 1. The Kier molecular flexibility index (Phi) is 3.77. The average Bonchev–Trinajstić information content (AvgIpc) is 3.07. The maximum absolute atomic E-state index is 8.67. The van der Waals surface area contributed by atoms with Crippen LogP contribution in [-0.4, -0.2) is 25.7 Å². The molecule has 1 aromatic heterocycles. The highest BCUT2D eigenvalue weighted by atomic mass is 32.2. The van der Waals surface area contributed by atoms with E-state index in [0.29, 0.717) is 10.9 Å². The van der Waals surface area contributed by atoms with Crippen molar-refractivity contribution in [1.29, 1.82) is 10.5 Å². The molecule has 2 aromatic rings. The van der Waals surface area contributed by atoms with Gasteiger partial charge < -0.3 is 4.57 Å². The van der Waals surface area contributed by atoms with Crippen molar-refractivity contribution in [3.8, 4) is 23.5 Å². The van der Waals surface area contributed by atoms with E-state index in [1.807, 2.05) is 18.2 Å². The Labute approximate surface area is 131 Å². The van der Waals surface area contributed by atoms with Crippen LogP contribution >= 0.6 is 11.8 Å². The van der Waals surface area contributed by atoms with Gasteiger partial charge in [0.05, 0.1) is 5.69 Å². The number of hydrogen-bond donors (Lipinski definition) is 1. The summed E-state index contributed by atoms with van der Waals surface area (Å²) in [5.41, 5.74) is 4.07. The Morgan fingerprint density at radius 1 is 1.41 bits per heavy atom. The van der Waals surface area contributed by atoms with Crippen LogP contribution in [0.25, 0.3) is 11.4 Å². The molecule has 1 aliphatic rings. The summed E-state index contributed by atoms with van der Waals surface area (Å²) in [5, 5.41) is 30.9. The molecule has 2 heterocycles. The molecular weight excluding hydrogens is 298 g/mol. The van der Waals surface area contributed by atoms with Crippen molar-refractivity contribution in [1.82, 2.24) is 14.8 Å². The Morgan fingerprint density at radius 2 is 2.23 bits per heavy atom. The molecule has 1 aliphatic heterocycles. The Balaban J connectivity index is 1.89. The third-order valence-electron chi connectivity index (χ3n) is 3.09. The van der Waals surface area contributed by atoms with E-state index < -0.39 is 0 Å². The maximum Gasteiger partial charge on any atom is 0.237 e. The Bertz CT molecular complexity index is 808. The van der Waals surface area contributed by atoms with E-state index in [0.717, 1.165) is 23.1 Å². The molecule has 0 radical (unpaired) electrons. The van der Waals surface area contributed by atoms with Crippen molar-refractivity contribution in [3.63, 3.8) is 0 Å². The summed E-state index contributed by atoms with van der Waals surface area (Å²) < 4.78 is 2.09. The lowest BCUT2D eigenvalue weighted by Gasteiger charge is -2.06. The SMILES string of the molecule is CC1Cn2c(nnc2-c2cccc(NN=C(C#N)C#N)c2)S1. The molecule has 22 heavy (non-hydrogen) atoms. The summed E-state index contributed by atoms with van der Waals surface area (Å²) in [6.45, 7) is 3.03. The second kappa shape index (κ2) is 5.88. The van der Waals surface area contributed by atoms with E-state index in [9.17, 15) is 0 Å². The fourth-order valence-corrected chi connectivity index (χ4v) is 3.11. The van der Waals surface area contributed by atoms with Crippen LogP contribution in [0.4, 0.5) is 5.69 Å². The summed E-state index contributed by atoms with van der Waals surface area (Å²) >= 11 is 1.71. The summed E-state index contributed by atoms with van der Waals surface area (Å²) in [7, 11) is 0. The van der Waals surface area contributed by atoms with Crippen LogP contribution in [0, 0.1) is 22.7 Å². The summed E-state index contributed by atoms with van der Waals surface area (Å²) in [5.74, 6) is 0.806. The van der Waals surface area contributed by atoms with E-state index >= 15 is 0 Å². The predicted octanol–water partition coefficient (Wildman–Crippen LogP) is 2.25. The van der Waals surface area contributed by atoms with E-state index in [2.05, 4.69) is 32.2 Å². The van der Waals surface area contributed by atoms with Crippen molar-refractivity contribution >= 4 is 23.2 Å². The molecular formula is C14H11N7S. The van der Waals surface area contributed by atoms with Crippen LogP contribution in [0.2, 0.25) is 0 Å². The standard InChI is InChI=1S/C14H11N7S/c1-9-8-21-13(19-20-14(21)22-9)10-3-2-4-11(5-10)17-18-12(6-15)7-16/h2-5,9,17H,8H2,1H3. The minimum atomic E-state index is -0.223. The van der Waals surface area contributed by atoms with E-state index in [-0.39, 0.29) is 5.71 Å². The predicted molar refractivity (Wildman–Crippen MR) is 83.1 cm³/mol. The van der Waals surface area contributed by atoms with Gasteiger partial charge in [-0.2, -0.15) is 15.6 Å². The van der Waals surface area contributed by atoms with Crippen LogP contribution in [0.15, 0.2) is 34.5 Å². The first kappa shape index (κ1) is 14.1. The van der Waals surface area contributed by atoms with Crippen molar-refractivity contribution in [2.45, 2.75) is 23.9 Å². The molecule has 0 amide bonds. The summed E-state index contributed by atoms with van der Waals surface area (Å²) in [6, 6.07) is 10.9. The molecule has 0 saturated heterocycles. The zero-order valence-corrected chi connectivity index (χ0v) is 12.5.